The van der Waals surface area contributed by atoms with Crippen molar-refractivity contribution in [1.82, 2.24) is 19.7 Å². The Balaban J connectivity index is 2.25. The molecule has 0 saturated carbocycles. The van der Waals surface area contributed by atoms with Gasteiger partial charge in [-0.3, -0.25) is 14.6 Å². The molecular weight excluding hydrogens is 176 g/mol. The summed E-state index contributed by atoms with van der Waals surface area (Å²) in [5.41, 5.74) is 1.89. The van der Waals surface area contributed by atoms with Crippen molar-refractivity contribution < 1.29 is 0 Å². The van der Waals surface area contributed by atoms with Gasteiger partial charge in [-0.2, -0.15) is 5.10 Å². The van der Waals surface area contributed by atoms with Gasteiger partial charge in [0.05, 0.1) is 18.1 Å². The monoisotopic (exact) mass is 188 g/mol. The van der Waals surface area contributed by atoms with Crippen molar-refractivity contribution in [1.29, 1.82) is 0 Å². The second-order valence-electron chi connectivity index (χ2n) is 3.08. The van der Waals surface area contributed by atoms with Crippen LogP contribution in [0, 0.1) is 0 Å². The summed E-state index contributed by atoms with van der Waals surface area (Å²) in [6.07, 6.45) is 9.99. The van der Waals surface area contributed by atoms with E-state index in [0.29, 0.717) is 0 Å². The maximum atomic E-state index is 4.23. The minimum absolute atomic E-state index is 0.870. The summed E-state index contributed by atoms with van der Waals surface area (Å²) in [5.74, 6) is 0. The minimum atomic E-state index is 0.870. The molecular formula is C10H12N4. The van der Waals surface area contributed by atoms with Crippen LogP contribution < -0.4 is 0 Å². The van der Waals surface area contributed by atoms with Gasteiger partial charge in [0.1, 0.15) is 0 Å². The van der Waals surface area contributed by atoms with Crippen molar-refractivity contribution in [2.45, 2.75) is 19.9 Å². The molecule has 0 N–H and O–H groups in total. The minimum Gasteiger partial charge on any atom is -0.272 e. The van der Waals surface area contributed by atoms with Crippen LogP contribution in [-0.4, -0.2) is 19.7 Å². The highest BCUT2D eigenvalue weighted by atomic mass is 15.3. The third-order valence-electron chi connectivity index (χ3n) is 1.94. The van der Waals surface area contributed by atoms with Crippen molar-refractivity contribution in [3.8, 4) is 11.3 Å². The van der Waals surface area contributed by atoms with E-state index in [1.165, 1.54) is 0 Å². The van der Waals surface area contributed by atoms with Crippen LogP contribution in [0.25, 0.3) is 11.3 Å². The van der Waals surface area contributed by atoms with Crippen LogP contribution in [0.5, 0.6) is 0 Å². The van der Waals surface area contributed by atoms with E-state index in [9.17, 15) is 0 Å². The summed E-state index contributed by atoms with van der Waals surface area (Å²) < 4.78 is 1.92. The lowest BCUT2D eigenvalue weighted by atomic mass is 10.3. The van der Waals surface area contributed by atoms with Crippen LogP contribution >= 0.6 is 0 Å². The number of rotatable bonds is 3. The quantitative estimate of drug-likeness (QED) is 0.737. The second kappa shape index (κ2) is 4.00. The van der Waals surface area contributed by atoms with Gasteiger partial charge < -0.3 is 0 Å². The van der Waals surface area contributed by atoms with Crippen LogP contribution in [0.2, 0.25) is 0 Å². The van der Waals surface area contributed by atoms with Crippen LogP contribution in [0.4, 0.5) is 0 Å². The molecule has 0 aliphatic carbocycles. The Bertz CT molecular complexity index is 394. The van der Waals surface area contributed by atoms with E-state index in [-0.39, 0.29) is 0 Å². The Hall–Kier alpha value is -1.71. The molecule has 0 unspecified atom stereocenters. The Morgan fingerprint density at radius 2 is 2.21 bits per heavy atom. The summed E-state index contributed by atoms with van der Waals surface area (Å²) in [5, 5.41) is 4.23. The standard InChI is InChI=1S/C10H12N4/c1-2-5-14-8-9(6-13-14)10-7-11-3-4-12-10/h3-4,6-8H,2,5H2,1H3. The molecule has 2 aromatic rings. The lowest BCUT2D eigenvalue weighted by Crippen LogP contribution is -1.95. The van der Waals surface area contributed by atoms with Gasteiger partial charge in [0, 0.05) is 30.7 Å². The zero-order valence-electron chi connectivity index (χ0n) is 8.09. The van der Waals surface area contributed by atoms with Crippen molar-refractivity contribution >= 4 is 0 Å². The van der Waals surface area contributed by atoms with Crippen molar-refractivity contribution in [3.63, 3.8) is 0 Å². The third kappa shape index (κ3) is 1.79. The first kappa shape index (κ1) is 8.87. The van der Waals surface area contributed by atoms with Crippen LogP contribution in [-0.2, 0) is 6.54 Å². The van der Waals surface area contributed by atoms with E-state index in [1.54, 1.807) is 18.6 Å². The largest absolute Gasteiger partial charge is 0.272 e. The predicted molar refractivity (Wildman–Crippen MR) is 53.5 cm³/mol. The van der Waals surface area contributed by atoms with Gasteiger partial charge in [-0.15, -0.1) is 0 Å². The molecule has 4 heteroatoms. The normalized spacial score (nSPS) is 10.4. The second-order valence-corrected chi connectivity index (χ2v) is 3.08. The molecule has 0 amide bonds. The number of hydrogen-bond donors (Lipinski definition) is 0. The first-order valence-electron chi connectivity index (χ1n) is 4.69. The topological polar surface area (TPSA) is 43.6 Å². The van der Waals surface area contributed by atoms with Gasteiger partial charge in [0.2, 0.25) is 0 Å². The SMILES string of the molecule is CCCn1cc(-c2cnccn2)cn1. The van der Waals surface area contributed by atoms with Gasteiger partial charge in [0.25, 0.3) is 0 Å². The van der Waals surface area contributed by atoms with Crippen molar-refractivity contribution in [3.05, 3.63) is 31.0 Å². The molecule has 0 spiro atoms. The summed E-state index contributed by atoms with van der Waals surface area (Å²) >= 11 is 0. The Kier molecular flexibility index (Phi) is 2.53. The first-order chi connectivity index (χ1) is 6.90. The van der Waals surface area contributed by atoms with E-state index < -0.39 is 0 Å². The average molecular weight is 188 g/mol. The zero-order valence-corrected chi connectivity index (χ0v) is 8.09. The summed E-state index contributed by atoms with van der Waals surface area (Å²) in [6, 6.07) is 0. The maximum Gasteiger partial charge on any atom is 0.0916 e. The molecule has 0 bridgehead atoms. The Morgan fingerprint density at radius 3 is 2.93 bits per heavy atom. The lowest BCUT2D eigenvalue weighted by Gasteiger charge is -1.95. The lowest BCUT2D eigenvalue weighted by molar-refractivity contribution is 0.603. The van der Waals surface area contributed by atoms with Crippen molar-refractivity contribution in [2.24, 2.45) is 0 Å². The zero-order chi connectivity index (χ0) is 9.80. The predicted octanol–water partition coefficient (Wildman–Crippen LogP) is 1.75. The summed E-state index contributed by atoms with van der Waals surface area (Å²) in [6.45, 7) is 3.07. The fourth-order valence-corrected chi connectivity index (χ4v) is 1.30. The Morgan fingerprint density at radius 1 is 1.29 bits per heavy atom. The molecule has 14 heavy (non-hydrogen) atoms. The average Bonchev–Trinajstić information content (AvgIpc) is 2.68. The third-order valence-corrected chi connectivity index (χ3v) is 1.94. The van der Waals surface area contributed by atoms with Gasteiger partial charge in [-0.1, -0.05) is 6.92 Å². The number of aryl methyl sites for hydroxylation is 1. The molecule has 72 valence electrons. The van der Waals surface area contributed by atoms with E-state index in [2.05, 4.69) is 22.0 Å². The molecule has 0 fully saturated rings. The van der Waals surface area contributed by atoms with Crippen molar-refractivity contribution in [2.75, 3.05) is 0 Å². The highest BCUT2D eigenvalue weighted by Gasteiger charge is 2.01. The van der Waals surface area contributed by atoms with E-state index in [4.69, 9.17) is 0 Å². The van der Waals surface area contributed by atoms with Gasteiger partial charge in [-0.25, -0.2) is 0 Å². The molecule has 2 aromatic heterocycles. The van der Waals surface area contributed by atoms with Gasteiger partial charge in [0.15, 0.2) is 0 Å². The first-order valence-corrected chi connectivity index (χ1v) is 4.69. The fourth-order valence-electron chi connectivity index (χ4n) is 1.30. The number of aromatic nitrogens is 4. The van der Waals surface area contributed by atoms with Crippen LogP contribution in [0.3, 0.4) is 0 Å². The van der Waals surface area contributed by atoms with Crippen LogP contribution in [0.1, 0.15) is 13.3 Å². The molecule has 4 nitrogen and oxygen atoms in total. The van der Waals surface area contributed by atoms with Gasteiger partial charge in [-0.05, 0) is 6.42 Å². The number of hydrogen-bond acceptors (Lipinski definition) is 3. The molecule has 0 atom stereocenters. The molecule has 2 heterocycles. The summed E-state index contributed by atoms with van der Waals surface area (Å²) in [7, 11) is 0. The highest BCUT2D eigenvalue weighted by Crippen LogP contribution is 2.13. The maximum absolute atomic E-state index is 4.23. The van der Waals surface area contributed by atoms with E-state index in [0.717, 1.165) is 24.2 Å². The van der Waals surface area contributed by atoms with E-state index in [1.807, 2.05) is 17.1 Å². The molecule has 0 radical (unpaired) electrons. The van der Waals surface area contributed by atoms with E-state index >= 15 is 0 Å². The molecule has 0 saturated heterocycles. The highest BCUT2D eigenvalue weighted by molar-refractivity contribution is 5.55. The van der Waals surface area contributed by atoms with Gasteiger partial charge >= 0.3 is 0 Å². The van der Waals surface area contributed by atoms with Crippen LogP contribution in [0.15, 0.2) is 31.0 Å². The molecule has 0 aliphatic rings. The summed E-state index contributed by atoms with van der Waals surface area (Å²) in [4.78, 5) is 8.22. The fraction of sp³-hybridized carbons (Fsp3) is 0.300. The molecule has 0 aliphatic heterocycles. The molecule has 2 rings (SSSR count). The molecule has 0 aromatic carbocycles. The smallest absolute Gasteiger partial charge is 0.0916 e. The number of nitrogens with zero attached hydrogens (tertiary/aromatic N) is 4. The Labute approximate surface area is 82.6 Å².